The van der Waals surface area contributed by atoms with Crippen molar-refractivity contribution in [1.29, 1.82) is 0 Å². The lowest BCUT2D eigenvalue weighted by molar-refractivity contribution is -0.129. The summed E-state index contributed by atoms with van der Waals surface area (Å²) in [5.74, 6) is 3.45. The van der Waals surface area contributed by atoms with Crippen molar-refractivity contribution < 1.29 is 9.53 Å². The third-order valence-corrected chi connectivity index (χ3v) is 6.77. The van der Waals surface area contributed by atoms with Crippen LogP contribution in [0.1, 0.15) is 56.1 Å². The highest BCUT2D eigenvalue weighted by atomic mass is 16.5. The summed E-state index contributed by atoms with van der Waals surface area (Å²) in [6.45, 7) is 6.51. The zero-order chi connectivity index (χ0) is 16.0. The second-order valence-corrected chi connectivity index (χ2v) is 7.79. The molecular formula is C21H26O2. The molecule has 0 bridgehead atoms. The van der Waals surface area contributed by atoms with Crippen molar-refractivity contribution in [2.45, 2.75) is 51.4 Å². The maximum atomic E-state index is 12.4. The Morgan fingerprint density at radius 3 is 3.00 bits per heavy atom. The normalized spacial score (nSPS) is 35.2. The van der Waals surface area contributed by atoms with Gasteiger partial charge in [-0.3, -0.25) is 4.79 Å². The molecule has 2 saturated carbocycles. The fraction of sp³-hybridized carbons (Fsp3) is 0.571. The number of carbonyl (C=O) groups excluding carboxylic acids is 1. The zero-order valence-electron chi connectivity index (χ0n) is 14.0. The van der Waals surface area contributed by atoms with Gasteiger partial charge in [0, 0.05) is 11.8 Å². The molecule has 23 heavy (non-hydrogen) atoms. The van der Waals surface area contributed by atoms with E-state index >= 15 is 0 Å². The summed E-state index contributed by atoms with van der Waals surface area (Å²) in [4.78, 5) is 12.4. The number of ether oxygens (including phenoxy) is 1. The minimum Gasteiger partial charge on any atom is -0.490 e. The van der Waals surface area contributed by atoms with Crippen LogP contribution in [0, 0.1) is 17.3 Å². The lowest BCUT2D eigenvalue weighted by Crippen LogP contribution is -2.42. The molecule has 0 aliphatic heterocycles. The summed E-state index contributed by atoms with van der Waals surface area (Å²) < 4.78 is 5.69. The van der Waals surface area contributed by atoms with Gasteiger partial charge in [-0.25, -0.2) is 0 Å². The van der Waals surface area contributed by atoms with Crippen LogP contribution in [0.5, 0.6) is 5.75 Å². The monoisotopic (exact) mass is 310 g/mol. The maximum absolute atomic E-state index is 12.4. The van der Waals surface area contributed by atoms with E-state index < -0.39 is 0 Å². The molecule has 0 heterocycles. The minimum atomic E-state index is -0.0221. The van der Waals surface area contributed by atoms with Crippen molar-refractivity contribution >= 4 is 5.78 Å². The number of ketones is 1. The maximum Gasteiger partial charge on any atom is 0.139 e. The molecule has 3 aliphatic rings. The number of hydrogen-bond donors (Lipinski definition) is 0. The highest BCUT2D eigenvalue weighted by molar-refractivity contribution is 5.87. The van der Waals surface area contributed by atoms with Gasteiger partial charge in [0.1, 0.15) is 18.1 Å². The van der Waals surface area contributed by atoms with Crippen LogP contribution in [-0.4, -0.2) is 12.4 Å². The Labute approximate surface area is 138 Å². The van der Waals surface area contributed by atoms with Gasteiger partial charge < -0.3 is 4.74 Å². The average molecular weight is 310 g/mol. The summed E-state index contributed by atoms with van der Waals surface area (Å²) in [7, 11) is 0. The first-order valence-electron chi connectivity index (χ1n) is 9.03. The highest BCUT2D eigenvalue weighted by Gasteiger charge is 2.54. The number of fused-ring (bicyclic) bond motifs is 5. The molecule has 0 amide bonds. The van der Waals surface area contributed by atoms with Crippen LogP contribution in [0.2, 0.25) is 0 Å². The fourth-order valence-corrected chi connectivity index (χ4v) is 5.57. The quantitative estimate of drug-likeness (QED) is 0.758. The summed E-state index contributed by atoms with van der Waals surface area (Å²) in [5.41, 5.74) is 2.96. The van der Waals surface area contributed by atoms with E-state index in [9.17, 15) is 4.79 Å². The Hall–Kier alpha value is -1.57. The molecular weight excluding hydrogens is 284 g/mol. The van der Waals surface area contributed by atoms with Crippen LogP contribution in [0.15, 0.2) is 30.9 Å². The van der Waals surface area contributed by atoms with E-state index in [1.165, 1.54) is 24.0 Å². The van der Waals surface area contributed by atoms with Crippen molar-refractivity contribution in [1.82, 2.24) is 0 Å². The number of aryl methyl sites for hydroxylation is 1. The molecule has 0 saturated heterocycles. The van der Waals surface area contributed by atoms with Gasteiger partial charge in [0.05, 0.1) is 0 Å². The van der Waals surface area contributed by atoms with Crippen molar-refractivity contribution in [2.75, 3.05) is 6.61 Å². The topological polar surface area (TPSA) is 26.3 Å². The van der Waals surface area contributed by atoms with Gasteiger partial charge in [0.2, 0.25) is 0 Å². The van der Waals surface area contributed by atoms with Crippen LogP contribution in [-0.2, 0) is 11.2 Å². The van der Waals surface area contributed by atoms with Crippen LogP contribution >= 0.6 is 0 Å². The van der Waals surface area contributed by atoms with Gasteiger partial charge >= 0.3 is 0 Å². The van der Waals surface area contributed by atoms with Crippen molar-refractivity contribution in [3.8, 4) is 5.75 Å². The van der Waals surface area contributed by atoms with E-state index in [1.54, 1.807) is 6.08 Å². The molecule has 0 N–H and O–H groups in total. The lowest BCUT2D eigenvalue weighted by Gasteiger charge is -2.48. The molecule has 0 aromatic heterocycles. The van der Waals surface area contributed by atoms with Crippen LogP contribution < -0.4 is 4.74 Å². The van der Waals surface area contributed by atoms with E-state index in [4.69, 9.17) is 4.74 Å². The van der Waals surface area contributed by atoms with Gasteiger partial charge in [0.25, 0.3) is 0 Å². The van der Waals surface area contributed by atoms with Crippen molar-refractivity contribution in [2.24, 2.45) is 17.3 Å². The van der Waals surface area contributed by atoms with E-state index in [1.807, 2.05) is 0 Å². The predicted octanol–water partition coefficient (Wildman–Crippen LogP) is 4.68. The Bertz CT molecular complexity index is 647. The summed E-state index contributed by atoms with van der Waals surface area (Å²) in [5, 5.41) is 0. The third kappa shape index (κ3) is 2.26. The summed E-state index contributed by atoms with van der Waals surface area (Å²) in [6.07, 6.45) is 8.32. The smallest absolute Gasteiger partial charge is 0.139 e. The summed E-state index contributed by atoms with van der Waals surface area (Å²) >= 11 is 0. The largest absolute Gasteiger partial charge is 0.490 e. The molecule has 1 aromatic rings. The number of rotatable bonds is 3. The second kappa shape index (κ2) is 5.51. The van der Waals surface area contributed by atoms with E-state index in [2.05, 4.69) is 31.7 Å². The van der Waals surface area contributed by atoms with Crippen molar-refractivity contribution in [3.63, 3.8) is 0 Å². The minimum absolute atomic E-state index is 0.0221. The van der Waals surface area contributed by atoms with E-state index in [-0.39, 0.29) is 5.41 Å². The Morgan fingerprint density at radius 1 is 1.30 bits per heavy atom. The first-order chi connectivity index (χ1) is 11.1. The molecule has 4 atom stereocenters. The Balaban J connectivity index is 1.62. The second-order valence-electron chi connectivity index (χ2n) is 7.79. The van der Waals surface area contributed by atoms with Gasteiger partial charge in [-0.05, 0) is 73.1 Å². The fourth-order valence-electron chi connectivity index (χ4n) is 5.57. The molecule has 0 radical (unpaired) electrons. The van der Waals surface area contributed by atoms with Crippen LogP contribution in [0.3, 0.4) is 0 Å². The Kier molecular flexibility index (Phi) is 3.59. The number of hydrogen-bond acceptors (Lipinski definition) is 2. The zero-order valence-corrected chi connectivity index (χ0v) is 14.0. The first-order valence-corrected chi connectivity index (χ1v) is 9.03. The van der Waals surface area contributed by atoms with Gasteiger partial charge in [-0.1, -0.05) is 25.6 Å². The highest BCUT2D eigenvalue weighted by Crippen LogP contribution is 2.59. The molecule has 4 rings (SSSR count). The molecule has 0 spiro atoms. The molecule has 2 fully saturated rings. The molecule has 0 unspecified atom stereocenters. The van der Waals surface area contributed by atoms with Crippen molar-refractivity contribution in [3.05, 3.63) is 42.0 Å². The third-order valence-electron chi connectivity index (χ3n) is 6.77. The molecule has 3 aliphatic carbocycles. The van der Waals surface area contributed by atoms with E-state index in [0.717, 1.165) is 31.4 Å². The average Bonchev–Trinajstić information content (AvgIpc) is 2.88. The lowest BCUT2D eigenvalue weighted by atomic mass is 9.55. The molecule has 2 nitrogen and oxygen atoms in total. The Morgan fingerprint density at radius 2 is 2.17 bits per heavy atom. The predicted molar refractivity (Wildman–Crippen MR) is 91.8 cm³/mol. The van der Waals surface area contributed by atoms with E-state index in [0.29, 0.717) is 30.1 Å². The van der Waals surface area contributed by atoms with Crippen LogP contribution in [0.25, 0.3) is 0 Å². The first kappa shape index (κ1) is 15.0. The van der Waals surface area contributed by atoms with Gasteiger partial charge in [-0.15, -0.1) is 0 Å². The number of benzene rings is 1. The molecule has 1 aromatic carbocycles. The summed E-state index contributed by atoms with van der Waals surface area (Å²) in [6, 6.07) is 6.62. The molecule has 122 valence electrons. The standard InChI is InChI=1S/C21H26O2/c1-3-12-23-15-5-7-16-14(13-15)4-6-18-17(16)10-11-21(2)19(18)8-9-20(21)22/h3,5,7,13,17-19H,1,4,6,8-12H2,2H3/t17-,18-,19+,21-/m1/s1. The number of carbonyl (C=O) groups is 1. The van der Waals surface area contributed by atoms with Gasteiger partial charge in [0.15, 0.2) is 0 Å². The SMILES string of the molecule is C=CCOc1ccc2c(c1)CC[C@@H]1[C@@H]2CC[C@@]2(C)C(=O)CC[C@@H]12. The van der Waals surface area contributed by atoms with Crippen LogP contribution in [0.4, 0.5) is 0 Å². The van der Waals surface area contributed by atoms with Gasteiger partial charge in [-0.2, -0.15) is 0 Å². The molecule has 2 heteroatoms. The number of Topliss-reactive ketones (excluding diaryl/α,β-unsaturated/α-hetero) is 1.